The van der Waals surface area contributed by atoms with Gasteiger partial charge in [0, 0.05) is 18.5 Å². The van der Waals surface area contributed by atoms with Crippen LogP contribution in [0.25, 0.3) is 0 Å². The molecule has 0 radical (unpaired) electrons. The van der Waals surface area contributed by atoms with E-state index in [4.69, 9.17) is 11.6 Å². The summed E-state index contributed by atoms with van der Waals surface area (Å²) in [4.78, 5) is 15.7. The van der Waals surface area contributed by atoms with E-state index in [-0.39, 0.29) is 5.56 Å². The van der Waals surface area contributed by atoms with Crippen LogP contribution < -0.4 is 5.56 Å². The molecule has 1 heterocycles. The molecule has 1 aliphatic rings. The van der Waals surface area contributed by atoms with E-state index in [1.54, 1.807) is 4.57 Å². The summed E-state index contributed by atoms with van der Waals surface area (Å²) in [7, 11) is 0. The van der Waals surface area contributed by atoms with Gasteiger partial charge in [-0.3, -0.25) is 9.36 Å². The molecule has 0 bridgehead atoms. The Labute approximate surface area is 81.4 Å². The van der Waals surface area contributed by atoms with Crippen molar-refractivity contribution in [1.29, 1.82) is 0 Å². The average molecular weight is 199 g/mol. The van der Waals surface area contributed by atoms with Crippen molar-refractivity contribution in [2.75, 3.05) is 0 Å². The molecule has 2 rings (SSSR count). The fourth-order valence-corrected chi connectivity index (χ4v) is 1.65. The molecule has 0 atom stereocenters. The van der Waals surface area contributed by atoms with Gasteiger partial charge in [-0.25, -0.2) is 4.98 Å². The highest BCUT2D eigenvalue weighted by molar-refractivity contribution is 6.29. The van der Waals surface area contributed by atoms with Gasteiger partial charge in [-0.15, -0.1) is 0 Å². The molecule has 3 nitrogen and oxygen atoms in total. The predicted molar refractivity (Wildman–Crippen MR) is 51.2 cm³/mol. The van der Waals surface area contributed by atoms with E-state index in [1.165, 1.54) is 6.07 Å². The minimum absolute atomic E-state index is 0.0376. The fourth-order valence-electron chi connectivity index (χ4n) is 1.47. The summed E-state index contributed by atoms with van der Waals surface area (Å²) in [6, 6.07) is 1.37. The Morgan fingerprint density at radius 2 is 2.38 bits per heavy atom. The first-order valence-electron chi connectivity index (χ1n) is 4.49. The Morgan fingerprint density at radius 1 is 1.69 bits per heavy atom. The van der Waals surface area contributed by atoms with E-state index in [1.807, 2.05) is 6.92 Å². The molecule has 0 spiro atoms. The van der Waals surface area contributed by atoms with Crippen molar-refractivity contribution >= 4 is 11.6 Å². The van der Waals surface area contributed by atoms with Crippen molar-refractivity contribution in [3.8, 4) is 0 Å². The SMILES string of the molecule is CCn1c(C2CC2)nc(Cl)cc1=O. The first kappa shape index (κ1) is 8.75. The minimum Gasteiger partial charge on any atom is -0.297 e. The minimum atomic E-state index is -0.0376. The number of hydrogen-bond acceptors (Lipinski definition) is 2. The molecular formula is C9H11ClN2O. The molecular weight excluding hydrogens is 188 g/mol. The normalized spacial score (nSPS) is 16.2. The summed E-state index contributed by atoms with van der Waals surface area (Å²) in [5.74, 6) is 1.33. The number of hydrogen-bond donors (Lipinski definition) is 0. The standard InChI is InChI=1S/C9H11ClN2O/c1-2-12-8(13)5-7(10)11-9(12)6-3-4-6/h5-6H,2-4H2,1H3. The molecule has 0 saturated heterocycles. The number of halogens is 1. The number of nitrogens with zero attached hydrogens (tertiary/aromatic N) is 2. The molecule has 1 aromatic heterocycles. The maximum atomic E-state index is 11.5. The molecule has 0 aliphatic heterocycles. The van der Waals surface area contributed by atoms with Crippen LogP contribution in [0, 0.1) is 0 Å². The Balaban J connectivity index is 2.56. The molecule has 1 aliphatic carbocycles. The maximum absolute atomic E-state index is 11.5. The Hall–Kier alpha value is -0.830. The molecule has 0 unspecified atom stereocenters. The highest BCUT2D eigenvalue weighted by Crippen LogP contribution is 2.38. The summed E-state index contributed by atoms with van der Waals surface area (Å²) in [5, 5.41) is 0.316. The first-order valence-corrected chi connectivity index (χ1v) is 4.87. The van der Waals surface area contributed by atoms with Crippen molar-refractivity contribution in [2.45, 2.75) is 32.2 Å². The largest absolute Gasteiger partial charge is 0.297 e. The summed E-state index contributed by atoms with van der Waals surface area (Å²) >= 11 is 5.73. The van der Waals surface area contributed by atoms with Crippen LogP contribution in [-0.4, -0.2) is 9.55 Å². The second-order valence-electron chi connectivity index (χ2n) is 3.29. The zero-order valence-electron chi connectivity index (χ0n) is 7.46. The van der Waals surface area contributed by atoms with Gasteiger partial charge >= 0.3 is 0 Å². The van der Waals surface area contributed by atoms with E-state index in [9.17, 15) is 4.79 Å². The van der Waals surface area contributed by atoms with Crippen LogP contribution in [0.4, 0.5) is 0 Å². The monoisotopic (exact) mass is 198 g/mol. The lowest BCUT2D eigenvalue weighted by molar-refractivity contribution is 0.647. The van der Waals surface area contributed by atoms with Gasteiger partial charge in [-0.2, -0.15) is 0 Å². The lowest BCUT2D eigenvalue weighted by Gasteiger charge is -2.08. The highest BCUT2D eigenvalue weighted by atomic mass is 35.5. The van der Waals surface area contributed by atoms with Crippen LogP contribution in [0.2, 0.25) is 5.15 Å². The van der Waals surface area contributed by atoms with Gasteiger partial charge in [0.25, 0.3) is 5.56 Å². The average Bonchev–Trinajstić information content (AvgIpc) is 2.85. The molecule has 70 valence electrons. The van der Waals surface area contributed by atoms with E-state index in [2.05, 4.69) is 4.98 Å². The molecule has 0 N–H and O–H groups in total. The summed E-state index contributed by atoms with van der Waals surface area (Å²) in [5.41, 5.74) is -0.0376. The molecule has 1 saturated carbocycles. The third-order valence-corrected chi connectivity index (χ3v) is 2.46. The smallest absolute Gasteiger partial charge is 0.254 e. The van der Waals surface area contributed by atoms with E-state index in [0.717, 1.165) is 18.7 Å². The zero-order valence-corrected chi connectivity index (χ0v) is 8.21. The van der Waals surface area contributed by atoms with Crippen LogP contribution in [0.5, 0.6) is 0 Å². The maximum Gasteiger partial charge on any atom is 0.254 e. The van der Waals surface area contributed by atoms with Gasteiger partial charge in [0.1, 0.15) is 11.0 Å². The molecule has 4 heteroatoms. The van der Waals surface area contributed by atoms with Gasteiger partial charge < -0.3 is 0 Å². The topological polar surface area (TPSA) is 34.9 Å². The molecule has 1 fully saturated rings. The predicted octanol–water partition coefficient (Wildman–Crippen LogP) is 1.79. The summed E-state index contributed by atoms with van der Waals surface area (Å²) < 4.78 is 1.70. The fraction of sp³-hybridized carbons (Fsp3) is 0.556. The van der Waals surface area contributed by atoms with Gasteiger partial charge in [0.15, 0.2) is 0 Å². The van der Waals surface area contributed by atoms with Gasteiger partial charge in [-0.05, 0) is 19.8 Å². The summed E-state index contributed by atoms with van der Waals surface area (Å²) in [6.07, 6.45) is 2.26. The van der Waals surface area contributed by atoms with E-state index >= 15 is 0 Å². The second kappa shape index (κ2) is 3.14. The van der Waals surface area contributed by atoms with Crippen molar-refractivity contribution in [3.05, 3.63) is 27.4 Å². The van der Waals surface area contributed by atoms with E-state index in [0.29, 0.717) is 17.6 Å². The molecule has 13 heavy (non-hydrogen) atoms. The van der Waals surface area contributed by atoms with Crippen molar-refractivity contribution in [1.82, 2.24) is 9.55 Å². The number of aromatic nitrogens is 2. The Kier molecular flexibility index (Phi) is 2.12. The van der Waals surface area contributed by atoms with Crippen LogP contribution in [-0.2, 0) is 6.54 Å². The zero-order chi connectivity index (χ0) is 9.42. The Bertz CT molecular complexity index is 382. The van der Waals surface area contributed by atoms with Crippen LogP contribution in [0.15, 0.2) is 10.9 Å². The van der Waals surface area contributed by atoms with Crippen molar-refractivity contribution in [2.24, 2.45) is 0 Å². The third-order valence-electron chi connectivity index (χ3n) is 2.27. The van der Waals surface area contributed by atoms with E-state index < -0.39 is 0 Å². The highest BCUT2D eigenvalue weighted by Gasteiger charge is 2.28. The lowest BCUT2D eigenvalue weighted by atomic mass is 10.3. The summed E-state index contributed by atoms with van der Waals surface area (Å²) in [6.45, 7) is 2.62. The first-order chi connectivity index (χ1) is 6.22. The van der Waals surface area contributed by atoms with Gasteiger partial charge in [0.05, 0.1) is 0 Å². The van der Waals surface area contributed by atoms with Crippen molar-refractivity contribution in [3.63, 3.8) is 0 Å². The third kappa shape index (κ3) is 1.61. The van der Waals surface area contributed by atoms with Crippen LogP contribution in [0.3, 0.4) is 0 Å². The molecule has 0 aromatic carbocycles. The Morgan fingerprint density at radius 3 is 2.92 bits per heavy atom. The lowest BCUT2D eigenvalue weighted by Crippen LogP contribution is -2.23. The number of rotatable bonds is 2. The van der Waals surface area contributed by atoms with Crippen LogP contribution >= 0.6 is 11.6 Å². The van der Waals surface area contributed by atoms with Crippen molar-refractivity contribution < 1.29 is 0 Å². The quantitative estimate of drug-likeness (QED) is 0.680. The van der Waals surface area contributed by atoms with Crippen LogP contribution in [0.1, 0.15) is 31.5 Å². The second-order valence-corrected chi connectivity index (χ2v) is 3.68. The van der Waals surface area contributed by atoms with Gasteiger partial charge in [0.2, 0.25) is 0 Å². The molecule has 0 amide bonds. The molecule has 1 aromatic rings. The van der Waals surface area contributed by atoms with Gasteiger partial charge in [-0.1, -0.05) is 11.6 Å².